The summed E-state index contributed by atoms with van der Waals surface area (Å²) in [6, 6.07) is 7.73. The third-order valence-electron chi connectivity index (χ3n) is 3.05. The van der Waals surface area contributed by atoms with Crippen LogP contribution in [-0.4, -0.2) is 32.6 Å². The van der Waals surface area contributed by atoms with Gasteiger partial charge in [0.1, 0.15) is 0 Å². The first-order valence-electron chi connectivity index (χ1n) is 5.89. The van der Waals surface area contributed by atoms with E-state index in [1.54, 1.807) is 11.1 Å². The van der Waals surface area contributed by atoms with E-state index in [1.165, 1.54) is 0 Å². The second-order valence-corrected chi connectivity index (χ2v) is 5.21. The molecule has 1 fully saturated rings. The molecule has 2 heterocycles. The summed E-state index contributed by atoms with van der Waals surface area (Å²) in [6.07, 6.45) is 2.26. The highest BCUT2D eigenvalue weighted by atomic mass is 32.1. The molecule has 0 aliphatic carbocycles. The summed E-state index contributed by atoms with van der Waals surface area (Å²) in [6.45, 7) is 1.21. The van der Waals surface area contributed by atoms with Crippen molar-refractivity contribution in [2.75, 3.05) is 6.54 Å². The first kappa shape index (κ1) is 11.5. The van der Waals surface area contributed by atoms with Gasteiger partial charge in [0.2, 0.25) is 5.91 Å². The van der Waals surface area contributed by atoms with Crippen molar-refractivity contribution in [2.24, 2.45) is 0 Å². The Kier molecular flexibility index (Phi) is 2.91. The summed E-state index contributed by atoms with van der Waals surface area (Å²) < 4.78 is 0. The Morgan fingerprint density at radius 3 is 2.83 bits per heavy atom. The van der Waals surface area contributed by atoms with E-state index in [1.807, 2.05) is 24.3 Å². The molecule has 92 valence electrons. The Morgan fingerprint density at radius 1 is 1.33 bits per heavy atom. The van der Waals surface area contributed by atoms with Gasteiger partial charge in [0.05, 0.1) is 29.5 Å². The Labute approximate surface area is 110 Å². The van der Waals surface area contributed by atoms with Gasteiger partial charge >= 0.3 is 0 Å². The maximum atomic E-state index is 11.7. The monoisotopic (exact) mass is 259 g/mol. The third kappa shape index (κ3) is 2.18. The predicted octanol–water partition coefficient (Wildman–Crippen LogP) is 1.66. The summed E-state index contributed by atoms with van der Waals surface area (Å²) >= 11 is 4.34. The van der Waals surface area contributed by atoms with Crippen LogP contribution >= 0.6 is 12.6 Å². The lowest BCUT2D eigenvalue weighted by Gasteiger charge is -2.15. The molecule has 0 bridgehead atoms. The van der Waals surface area contributed by atoms with Crippen molar-refractivity contribution in [1.82, 2.24) is 14.9 Å². The van der Waals surface area contributed by atoms with E-state index in [9.17, 15) is 4.79 Å². The average molecular weight is 259 g/mol. The van der Waals surface area contributed by atoms with E-state index < -0.39 is 0 Å². The number of likely N-dealkylation sites (tertiary alicyclic amines) is 1. The standard InChI is InChI=1S/C13H13N3OS/c17-13-5-10(18)8-16(13)7-9-6-14-11-3-1-2-4-12(11)15-9/h1-4,6,10,18H,5,7-8H2. The van der Waals surface area contributed by atoms with Crippen molar-refractivity contribution in [1.29, 1.82) is 0 Å². The minimum Gasteiger partial charge on any atom is -0.336 e. The zero-order valence-electron chi connectivity index (χ0n) is 9.78. The number of rotatable bonds is 2. The molecule has 0 saturated carbocycles. The van der Waals surface area contributed by atoms with E-state index in [-0.39, 0.29) is 11.2 Å². The molecule has 4 nitrogen and oxygen atoms in total. The molecule has 1 aliphatic heterocycles. The SMILES string of the molecule is O=C1CC(S)CN1Cc1cnc2ccccc2n1. The number of thiol groups is 1. The fourth-order valence-electron chi connectivity index (χ4n) is 2.17. The van der Waals surface area contributed by atoms with Gasteiger partial charge in [-0.15, -0.1) is 0 Å². The van der Waals surface area contributed by atoms with Crippen LogP contribution in [0.5, 0.6) is 0 Å². The molecular formula is C13H13N3OS. The minimum atomic E-state index is 0.143. The van der Waals surface area contributed by atoms with Gasteiger partial charge < -0.3 is 4.90 Å². The van der Waals surface area contributed by atoms with Crippen molar-refractivity contribution >= 4 is 29.6 Å². The molecule has 1 amide bonds. The first-order chi connectivity index (χ1) is 8.72. The summed E-state index contributed by atoms with van der Waals surface area (Å²) in [5, 5.41) is 0.144. The molecule has 0 radical (unpaired) electrons. The van der Waals surface area contributed by atoms with Crippen LogP contribution in [0.15, 0.2) is 30.5 Å². The molecule has 18 heavy (non-hydrogen) atoms. The van der Waals surface area contributed by atoms with Crippen LogP contribution in [-0.2, 0) is 11.3 Å². The third-order valence-corrected chi connectivity index (χ3v) is 3.39. The topological polar surface area (TPSA) is 46.1 Å². The van der Waals surface area contributed by atoms with Crippen molar-refractivity contribution < 1.29 is 4.79 Å². The number of carbonyl (C=O) groups is 1. The van der Waals surface area contributed by atoms with Crippen LogP contribution in [0.25, 0.3) is 11.0 Å². The van der Waals surface area contributed by atoms with E-state index in [2.05, 4.69) is 22.6 Å². The second-order valence-electron chi connectivity index (χ2n) is 4.48. The maximum Gasteiger partial charge on any atom is 0.224 e. The number of carbonyl (C=O) groups excluding carboxylic acids is 1. The van der Waals surface area contributed by atoms with Gasteiger partial charge in [0.15, 0.2) is 0 Å². The number of para-hydroxylation sites is 2. The van der Waals surface area contributed by atoms with Crippen LogP contribution in [0.3, 0.4) is 0 Å². The highest BCUT2D eigenvalue weighted by Crippen LogP contribution is 2.18. The lowest BCUT2D eigenvalue weighted by atomic mass is 10.3. The lowest BCUT2D eigenvalue weighted by molar-refractivity contribution is -0.128. The molecular weight excluding hydrogens is 246 g/mol. The minimum absolute atomic E-state index is 0.143. The molecule has 3 rings (SSSR count). The maximum absolute atomic E-state index is 11.7. The van der Waals surface area contributed by atoms with E-state index in [4.69, 9.17) is 0 Å². The molecule has 5 heteroatoms. The smallest absolute Gasteiger partial charge is 0.224 e. The zero-order valence-corrected chi connectivity index (χ0v) is 10.7. The van der Waals surface area contributed by atoms with Gasteiger partial charge in [-0.2, -0.15) is 12.6 Å². The Bertz CT molecular complexity index is 602. The average Bonchev–Trinajstić information content (AvgIpc) is 2.68. The lowest BCUT2D eigenvalue weighted by Crippen LogP contribution is -2.25. The fraction of sp³-hybridized carbons (Fsp3) is 0.308. The van der Waals surface area contributed by atoms with Crippen molar-refractivity contribution in [2.45, 2.75) is 18.2 Å². The quantitative estimate of drug-likeness (QED) is 0.834. The number of amides is 1. The van der Waals surface area contributed by atoms with Gasteiger partial charge in [-0.3, -0.25) is 9.78 Å². The number of fused-ring (bicyclic) bond motifs is 1. The summed E-state index contributed by atoms with van der Waals surface area (Å²) in [5.41, 5.74) is 2.56. The molecule has 1 aliphatic rings. The van der Waals surface area contributed by atoms with Gasteiger partial charge in [-0.1, -0.05) is 12.1 Å². The van der Waals surface area contributed by atoms with Gasteiger partial charge in [-0.05, 0) is 12.1 Å². The van der Waals surface area contributed by atoms with Crippen LogP contribution in [0.1, 0.15) is 12.1 Å². The Hall–Kier alpha value is -1.62. The summed E-state index contributed by atoms with van der Waals surface area (Å²) in [4.78, 5) is 22.3. The molecule has 1 aromatic carbocycles. The van der Waals surface area contributed by atoms with Crippen molar-refractivity contribution in [3.63, 3.8) is 0 Å². The van der Waals surface area contributed by atoms with E-state index in [0.717, 1.165) is 16.7 Å². The predicted molar refractivity (Wildman–Crippen MR) is 72.3 cm³/mol. The van der Waals surface area contributed by atoms with Crippen molar-refractivity contribution in [3.8, 4) is 0 Å². The number of hydrogen-bond donors (Lipinski definition) is 1. The van der Waals surface area contributed by atoms with E-state index in [0.29, 0.717) is 19.5 Å². The molecule has 1 unspecified atom stereocenters. The number of aromatic nitrogens is 2. The van der Waals surface area contributed by atoms with Crippen LogP contribution in [0.2, 0.25) is 0 Å². The van der Waals surface area contributed by atoms with Crippen LogP contribution in [0, 0.1) is 0 Å². The van der Waals surface area contributed by atoms with E-state index >= 15 is 0 Å². The van der Waals surface area contributed by atoms with Gasteiger partial charge in [-0.25, -0.2) is 4.98 Å². The van der Waals surface area contributed by atoms with Crippen molar-refractivity contribution in [3.05, 3.63) is 36.2 Å². The zero-order chi connectivity index (χ0) is 12.5. The molecule has 0 spiro atoms. The largest absolute Gasteiger partial charge is 0.336 e. The van der Waals surface area contributed by atoms with Gasteiger partial charge in [0.25, 0.3) is 0 Å². The highest BCUT2D eigenvalue weighted by Gasteiger charge is 2.27. The number of nitrogens with zero attached hydrogens (tertiary/aromatic N) is 3. The molecule has 0 N–H and O–H groups in total. The Balaban J connectivity index is 1.84. The fourth-order valence-corrected chi connectivity index (χ4v) is 2.52. The number of benzene rings is 1. The van der Waals surface area contributed by atoms with Crippen LogP contribution in [0.4, 0.5) is 0 Å². The molecule has 1 aromatic heterocycles. The highest BCUT2D eigenvalue weighted by molar-refractivity contribution is 7.81. The summed E-state index contributed by atoms with van der Waals surface area (Å²) in [7, 11) is 0. The number of hydrogen-bond acceptors (Lipinski definition) is 4. The first-order valence-corrected chi connectivity index (χ1v) is 6.40. The molecule has 2 aromatic rings. The Morgan fingerprint density at radius 2 is 2.11 bits per heavy atom. The van der Waals surface area contributed by atoms with Crippen LogP contribution < -0.4 is 0 Å². The van der Waals surface area contributed by atoms with Gasteiger partial charge in [0, 0.05) is 18.2 Å². The second kappa shape index (κ2) is 4.57. The molecule has 1 atom stereocenters. The normalized spacial score (nSPS) is 19.7. The molecule has 1 saturated heterocycles. The summed E-state index contributed by atoms with van der Waals surface area (Å²) in [5.74, 6) is 0.143.